The van der Waals surface area contributed by atoms with Gasteiger partial charge in [0.15, 0.2) is 0 Å². The first-order valence-electron chi connectivity index (χ1n) is 8.09. The van der Waals surface area contributed by atoms with Gasteiger partial charge in [-0.1, -0.05) is 12.1 Å². The molecule has 2 aromatic rings. The summed E-state index contributed by atoms with van der Waals surface area (Å²) < 4.78 is 5.34. The number of nitrogens with zero attached hydrogens (tertiary/aromatic N) is 1. The summed E-state index contributed by atoms with van der Waals surface area (Å²) in [5.74, 6) is 2.01. The van der Waals surface area contributed by atoms with Crippen LogP contribution < -0.4 is 5.32 Å². The summed E-state index contributed by atoms with van der Waals surface area (Å²) in [4.78, 5) is 20.6. The van der Waals surface area contributed by atoms with Gasteiger partial charge in [0.2, 0.25) is 5.91 Å². The van der Waals surface area contributed by atoms with E-state index in [0.717, 1.165) is 41.9 Å². The highest BCUT2D eigenvalue weighted by Crippen LogP contribution is 2.22. The van der Waals surface area contributed by atoms with Crippen LogP contribution in [0.15, 0.2) is 24.3 Å². The maximum Gasteiger partial charge on any atom is 0.223 e. The predicted octanol–water partition coefficient (Wildman–Crippen LogP) is 2.90. The molecule has 124 valence electrons. The number of carbonyl (C=O) groups excluding carboxylic acids is 1. The predicted molar refractivity (Wildman–Crippen MR) is 93.5 cm³/mol. The molecule has 23 heavy (non-hydrogen) atoms. The van der Waals surface area contributed by atoms with Crippen molar-refractivity contribution in [3.05, 3.63) is 30.1 Å². The summed E-state index contributed by atoms with van der Waals surface area (Å²) in [7, 11) is 0. The van der Waals surface area contributed by atoms with Crippen LogP contribution in [0, 0.1) is 5.92 Å². The van der Waals surface area contributed by atoms with E-state index in [1.807, 2.05) is 24.3 Å². The second-order valence-corrected chi connectivity index (χ2v) is 6.85. The molecule has 1 aromatic carbocycles. The van der Waals surface area contributed by atoms with Gasteiger partial charge in [0, 0.05) is 19.1 Å². The van der Waals surface area contributed by atoms with Gasteiger partial charge in [0.25, 0.3) is 0 Å². The summed E-state index contributed by atoms with van der Waals surface area (Å²) in [5, 5.41) is 3.20. The van der Waals surface area contributed by atoms with Crippen molar-refractivity contribution in [2.24, 2.45) is 5.92 Å². The summed E-state index contributed by atoms with van der Waals surface area (Å²) in [6.07, 6.45) is 4.56. The first-order valence-corrected chi connectivity index (χ1v) is 9.49. The molecule has 1 unspecified atom stereocenters. The number of benzene rings is 1. The van der Waals surface area contributed by atoms with Crippen LogP contribution in [0.5, 0.6) is 0 Å². The number of nitrogens with one attached hydrogen (secondary N) is 2. The number of H-pyrrole nitrogens is 1. The number of para-hydroxylation sites is 2. The molecule has 1 aliphatic heterocycles. The molecule has 1 amide bonds. The molecule has 6 heteroatoms. The SMILES string of the molecule is CSCCC(NC(=O)C1CCOCC1)c1nc2ccccc2[nH]1. The first-order chi connectivity index (χ1) is 11.3. The van der Waals surface area contributed by atoms with Gasteiger partial charge in [-0.3, -0.25) is 4.79 Å². The fraction of sp³-hybridized carbons (Fsp3) is 0.529. The van der Waals surface area contributed by atoms with E-state index in [-0.39, 0.29) is 17.9 Å². The number of aromatic nitrogens is 2. The molecule has 0 spiro atoms. The fourth-order valence-electron chi connectivity index (χ4n) is 2.90. The summed E-state index contributed by atoms with van der Waals surface area (Å²) in [6, 6.07) is 7.90. The van der Waals surface area contributed by atoms with Gasteiger partial charge >= 0.3 is 0 Å². The van der Waals surface area contributed by atoms with Crippen LogP contribution in [0.4, 0.5) is 0 Å². The van der Waals surface area contributed by atoms with Crippen molar-refractivity contribution in [3.8, 4) is 0 Å². The molecule has 2 N–H and O–H groups in total. The molecule has 1 aliphatic rings. The van der Waals surface area contributed by atoms with Gasteiger partial charge in [-0.25, -0.2) is 4.98 Å². The molecular formula is C17H23N3O2S. The normalized spacial score (nSPS) is 17.3. The number of fused-ring (bicyclic) bond motifs is 1. The van der Waals surface area contributed by atoms with E-state index in [1.165, 1.54) is 0 Å². The smallest absolute Gasteiger partial charge is 0.223 e. The lowest BCUT2D eigenvalue weighted by Crippen LogP contribution is -2.37. The van der Waals surface area contributed by atoms with E-state index in [0.29, 0.717) is 13.2 Å². The standard InChI is InChI=1S/C17H23N3O2S/c1-23-11-8-15(20-17(21)12-6-9-22-10-7-12)16-18-13-4-2-3-5-14(13)19-16/h2-5,12,15H,6-11H2,1H3,(H,18,19)(H,20,21). The van der Waals surface area contributed by atoms with Crippen molar-refractivity contribution in [2.75, 3.05) is 25.2 Å². The molecule has 1 atom stereocenters. The number of carbonyl (C=O) groups is 1. The van der Waals surface area contributed by atoms with Crippen LogP contribution >= 0.6 is 11.8 Å². The molecule has 0 saturated carbocycles. The number of hydrogen-bond acceptors (Lipinski definition) is 4. The minimum absolute atomic E-state index is 0.0601. The van der Waals surface area contributed by atoms with Gasteiger partial charge in [0.1, 0.15) is 5.82 Å². The van der Waals surface area contributed by atoms with Crippen molar-refractivity contribution in [1.82, 2.24) is 15.3 Å². The van der Waals surface area contributed by atoms with E-state index in [1.54, 1.807) is 11.8 Å². The largest absolute Gasteiger partial charge is 0.381 e. The average molecular weight is 333 g/mol. The van der Waals surface area contributed by atoms with Crippen molar-refractivity contribution < 1.29 is 9.53 Å². The molecule has 2 heterocycles. The molecule has 1 saturated heterocycles. The second kappa shape index (κ2) is 7.84. The maximum atomic E-state index is 12.5. The highest BCUT2D eigenvalue weighted by molar-refractivity contribution is 7.98. The third-order valence-corrected chi connectivity index (χ3v) is 4.90. The lowest BCUT2D eigenvalue weighted by atomic mass is 9.99. The molecule has 3 rings (SSSR count). The Kier molecular flexibility index (Phi) is 5.56. The van der Waals surface area contributed by atoms with E-state index in [2.05, 4.69) is 21.5 Å². The van der Waals surface area contributed by atoms with Crippen molar-refractivity contribution >= 4 is 28.7 Å². The van der Waals surface area contributed by atoms with Gasteiger partial charge < -0.3 is 15.0 Å². The summed E-state index contributed by atoms with van der Waals surface area (Å²) in [6.45, 7) is 1.36. The topological polar surface area (TPSA) is 67.0 Å². The van der Waals surface area contributed by atoms with Crippen LogP contribution in [0.3, 0.4) is 0 Å². The van der Waals surface area contributed by atoms with Crippen LogP contribution in [0.1, 0.15) is 31.1 Å². The van der Waals surface area contributed by atoms with Crippen LogP contribution in [0.25, 0.3) is 11.0 Å². The maximum absolute atomic E-state index is 12.5. The second-order valence-electron chi connectivity index (χ2n) is 5.87. The Bertz CT molecular complexity index is 619. The fourth-order valence-corrected chi connectivity index (χ4v) is 3.37. The quantitative estimate of drug-likeness (QED) is 0.853. The lowest BCUT2D eigenvalue weighted by molar-refractivity contribution is -0.128. The molecular weight excluding hydrogens is 310 g/mol. The van der Waals surface area contributed by atoms with Crippen LogP contribution in [0.2, 0.25) is 0 Å². The Morgan fingerprint density at radius 2 is 2.22 bits per heavy atom. The monoisotopic (exact) mass is 333 g/mol. The average Bonchev–Trinajstić information content (AvgIpc) is 3.03. The van der Waals surface area contributed by atoms with E-state index in [4.69, 9.17) is 4.74 Å². The van der Waals surface area contributed by atoms with Crippen LogP contribution in [-0.4, -0.2) is 41.1 Å². The number of rotatable bonds is 6. The Labute approximate surface area is 140 Å². The molecule has 0 aliphatic carbocycles. The van der Waals surface area contributed by atoms with Gasteiger partial charge in [-0.2, -0.15) is 11.8 Å². The number of thioether (sulfide) groups is 1. The molecule has 1 fully saturated rings. The zero-order valence-electron chi connectivity index (χ0n) is 13.4. The molecule has 1 aromatic heterocycles. The third-order valence-electron chi connectivity index (χ3n) is 4.26. The van der Waals surface area contributed by atoms with Crippen molar-refractivity contribution in [1.29, 1.82) is 0 Å². The highest BCUT2D eigenvalue weighted by Gasteiger charge is 2.25. The number of imidazole rings is 1. The molecule has 5 nitrogen and oxygen atoms in total. The third kappa shape index (κ3) is 4.06. The van der Waals surface area contributed by atoms with Gasteiger partial charge in [-0.15, -0.1) is 0 Å². The lowest BCUT2D eigenvalue weighted by Gasteiger charge is -2.24. The Morgan fingerprint density at radius 3 is 2.96 bits per heavy atom. The summed E-state index contributed by atoms with van der Waals surface area (Å²) in [5.41, 5.74) is 1.95. The zero-order chi connectivity index (χ0) is 16.1. The van der Waals surface area contributed by atoms with E-state index in [9.17, 15) is 4.79 Å². The van der Waals surface area contributed by atoms with Crippen LogP contribution in [-0.2, 0) is 9.53 Å². The van der Waals surface area contributed by atoms with E-state index >= 15 is 0 Å². The Balaban J connectivity index is 1.75. The minimum Gasteiger partial charge on any atom is -0.381 e. The minimum atomic E-state index is -0.0646. The highest BCUT2D eigenvalue weighted by atomic mass is 32.2. The number of amides is 1. The number of hydrogen-bond donors (Lipinski definition) is 2. The van der Waals surface area contributed by atoms with Gasteiger partial charge in [-0.05, 0) is 43.4 Å². The van der Waals surface area contributed by atoms with Gasteiger partial charge in [0.05, 0.1) is 17.1 Å². The van der Waals surface area contributed by atoms with Crippen molar-refractivity contribution in [3.63, 3.8) is 0 Å². The molecule has 0 bridgehead atoms. The number of ether oxygens (including phenoxy) is 1. The Hall–Kier alpha value is -1.53. The van der Waals surface area contributed by atoms with E-state index < -0.39 is 0 Å². The molecule has 0 radical (unpaired) electrons. The zero-order valence-corrected chi connectivity index (χ0v) is 14.2. The number of aromatic amines is 1. The van der Waals surface area contributed by atoms with Crippen molar-refractivity contribution in [2.45, 2.75) is 25.3 Å². The summed E-state index contributed by atoms with van der Waals surface area (Å²) >= 11 is 1.78. The Morgan fingerprint density at radius 1 is 1.43 bits per heavy atom. The first kappa shape index (κ1) is 16.3.